The van der Waals surface area contributed by atoms with Crippen molar-refractivity contribution in [3.8, 4) is 12.3 Å². The van der Waals surface area contributed by atoms with E-state index in [0.717, 1.165) is 6.42 Å². The fourth-order valence-electron chi connectivity index (χ4n) is 1.99. The molecule has 0 radical (unpaired) electrons. The zero-order chi connectivity index (χ0) is 15.7. The Hall–Kier alpha value is -1.08. The molecule has 0 spiro atoms. The third-order valence-corrected chi connectivity index (χ3v) is 9.92. The molecule has 0 bridgehead atoms. The first kappa shape index (κ1) is 16.3. The highest BCUT2D eigenvalue weighted by Gasteiger charge is 2.38. The quantitative estimate of drug-likeness (QED) is 0.537. The number of hydrogen-bond donors (Lipinski definition) is 0. The molecule has 112 valence electrons. The zero-order valence-electron chi connectivity index (χ0n) is 13.6. The van der Waals surface area contributed by atoms with Gasteiger partial charge in [0.05, 0.1) is 0 Å². The molecule has 1 aromatic carbocycles. The van der Waals surface area contributed by atoms with E-state index in [1.807, 2.05) is 11.3 Å². The van der Waals surface area contributed by atoms with Gasteiger partial charge in [0.15, 0.2) is 8.32 Å². The van der Waals surface area contributed by atoms with Crippen molar-refractivity contribution >= 4 is 29.7 Å². The molecule has 1 atom stereocenters. The fraction of sp³-hybridized carbons (Fsp3) is 0.444. The second-order valence-electron chi connectivity index (χ2n) is 6.99. The summed E-state index contributed by atoms with van der Waals surface area (Å²) in [5, 5.41) is 1.48. The van der Waals surface area contributed by atoms with Gasteiger partial charge >= 0.3 is 0 Å². The van der Waals surface area contributed by atoms with E-state index in [9.17, 15) is 0 Å². The van der Waals surface area contributed by atoms with E-state index >= 15 is 0 Å². The summed E-state index contributed by atoms with van der Waals surface area (Å²) >= 11 is 1.81. The molecule has 2 aromatic rings. The number of benzene rings is 1. The maximum absolute atomic E-state index is 6.36. The Morgan fingerprint density at radius 2 is 1.95 bits per heavy atom. The van der Waals surface area contributed by atoms with Gasteiger partial charge < -0.3 is 4.43 Å². The van der Waals surface area contributed by atoms with E-state index in [1.54, 1.807) is 0 Å². The molecule has 0 unspecified atom stereocenters. The molecular formula is C18H24OSSi. The Morgan fingerprint density at radius 3 is 2.52 bits per heavy atom. The normalized spacial score (nSPS) is 14.1. The highest BCUT2D eigenvalue weighted by molar-refractivity contribution is 7.19. The van der Waals surface area contributed by atoms with Crippen molar-refractivity contribution in [1.82, 2.24) is 0 Å². The van der Waals surface area contributed by atoms with Crippen molar-refractivity contribution < 1.29 is 4.43 Å². The van der Waals surface area contributed by atoms with Crippen LogP contribution in [0.4, 0.5) is 0 Å². The highest BCUT2D eigenvalue weighted by atomic mass is 32.1. The van der Waals surface area contributed by atoms with E-state index in [4.69, 9.17) is 10.8 Å². The Kier molecular flexibility index (Phi) is 4.62. The second-order valence-corrected chi connectivity index (χ2v) is 12.9. The van der Waals surface area contributed by atoms with Crippen LogP contribution >= 0.6 is 11.3 Å². The third-order valence-electron chi connectivity index (χ3n) is 4.29. The van der Waals surface area contributed by atoms with E-state index in [1.165, 1.54) is 15.0 Å². The van der Waals surface area contributed by atoms with Crippen LogP contribution in [-0.2, 0) is 10.8 Å². The fourth-order valence-corrected chi connectivity index (χ4v) is 4.30. The van der Waals surface area contributed by atoms with E-state index in [0.29, 0.717) is 0 Å². The molecule has 0 saturated heterocycles. The molecule has 21 heavy (non-hydrogen) atoms. The van der Waals surface area contributed by atoms with Gasteiger partial charge in [0.2, 0.25) is 0 Å². The van der Waals surface area contributed by atoms with Crippen molar-refractivity contribution in [2.45, 2.75) is 51.4 Å². The van der Waals surface area contributed by atoms with E-state index in [-0.39, 0.29) is 11.1 Å². The van der Waals surface area contributed by atoms with Gasteiger partial charge in [0, 0.05) is 16.0 Å². The van der Waals surface area contributed by atoms with Gasteiger partial charge in [0.25, 0.3) is 0 Å². The summed E-state index contributed by atoms with van der Waals surface area (Å²) in [5.74, 6) is 2.84. The molecule has 0 aliphatic carbocycles. The van der Waals surface area contributed by atoms with Crippen LogP contribution in [0.25, 0.3) is 10.1 Å². The van der Waals surface area contributed by atoms with Gasteiger partial charge in [-0.3, -0.25) is 0 Å². The van der Waals surface area contributed by atoms with Crippen LogP contribution in [0.3, 0.4) is 0 Å². The summed E-state index contributed by atoms with van der Waals surface area (Å²) in [7, 11) is -1.82. The number of thiophene rings is 1. The molecule has 2 rings (SSSR count). The molecule has 0 N–H and O–H groups in total. The zero-order valence-corrected chi connectivity index (χ0v) is 15.4. The number of fused-ring (bicyclic) bond motifs is 1. The summed E-state index contributed by atoms with van der Waals surface area (Å²) in [4.78, 5) is 1.30. The standard InChI is InChI=1S/C18H24OSSi/c1-7-15(19-21(5,6)18(2,3)4)13-16-12-14-10-8-9-11-17(14)20-16/h1,8-12,15H,13H2,2-6H3/t15-/m1/s1. The van der Waals surface area contributed by atoms with Crippen molar-refractivity contribution in [1.29, 1.82) is 0 Å². The SMILES string of the molecule is C#C[C@H](Cc1cc2ccccc2s1)O[Si](C)(C)C(C)(C)C. The Bertz CT molecular complexity index is 625. The number of terminal acetylenes is 1. The summed E-state index contributed by atoms with van der Waals surface area (Å²) in [6, 6.07) is 10.7. The second kappa shape index (κ2) is 5.96. The molecule has 0 aliphatic heterocycles. The molecule has 0 aliphatic rings. The Morgan fingerprint density at radius 1 is 1.29 bits per heavy atom. The average Bonchev–Trinajstić information content (AvgIpc) is 2.78. The van der Waals surface area contributed by atoms with Crippen molar-refractivity contribution in [3.63, 3.8) is 0 Å². The molecule has 0 saturated carbocycles. The van der Waals surface area contributed by atoms with Gasteiger partial charge in [-0.05, 0) is 35.7 Å². The smallest absolute Gasteiger partial charge is 0.193 e. The van der Waals surface area contributed by atoms with Crippen molar-refractivity contribution in [2.75, 3.05) is 0 Å². The predicted octanol–water partition coefficient (Wildman–Crippen LogP) is 5.47. The highest BCUT2D eigenvalue weighted by Crippen LogP contribution is 2.38. The summed E-state index contributed by atoms with van der Waals surface area (Å²) in [6.07, 6.45) is 6.40. The summed E-state index contributed by atoms with van der Waals surface area (Å²) < 4.78 is 7.68. The topological polar surface area (TPSA) is 9.23 Å². The van der Waals surface area contributed by atoms with Crippen LogP contribution in [0.5, 0.6) is 0 Å². The van der Waals surface area contributed by atoms with Crippen LogP contribution in [-0.4, -0.2) is 14.4 Å². The minimum Gasteiger partial charge on any atom is -0.403 e. The van der Waals surface area contributed by atoms with Crippen LogP contribution in [0.2, 0.25) is 18.1 Å². The molecule has 0 fully saturated rings. The monoisotopic (exact) mass is 316 g/mol. The predicted molar refractivity (Wildman–Crippen MR) is 96.4 cm³/mol. The summed E-state index contributed by atoms with van der Waals surface area (Å²) in [6.45, 7) is 11.2. The maximum Gasteiger partial charge on any atom is 0.193 e. The van der Waals surface area contributed by atoms with Crippen molar-refractivity contribution in [3.05, 3.63) is 35.2 Å². The first-order chi connectivity index (χ1) is 9.73. The van der Waals surface area contributed by atoms with Crippen molar-refractivity contribution in [2.24, 2.45) is 0 Å². The molecule has 3 heteroatoms. The van der Waals surface area contributed by atoms with Crippen LogP contribution in [0.15, 0.2) is 30.3 Å². The van der Waals surface area contributed by atoms with E-state index in [2.05, 4.69) is 70.1 Å². The van der Waals surface area contributed by atoms with Crippen LogP contribution < -0.4 is 0 Å². The first-order valence-corrected chi connectivity index (χ1v) is 11.1. The van der Waals surface area contributed by atoms with Gasteiger partial charge in [-0.25, -0.2) is 0 Å². The minimum absolute atomic E-state index is 0.126. The Labute approximate surface area is 133 Å². The molecule has 0 amide bonds. The van der Waals surface area contributed by atoms with Gasteiger partial charge in [-0.2, -0.15) is 0 Å². The third kappa shape index (κ3) is 3.77. The minimum atomic E-state index is -1.82. The van der Waals surface area contributed by atoms with Crippen LogP contribution in [0.1, 0.15) is 25.6 Å². The molecular weight excluding hydrogens is 292 g/mol. The van der Waals surface area contributed by atoms with Gasteiger partial charge in [0.1, 0.15) is 6.10 Å². The first-order valence-electron chi connectivity index (χ1n) is 7.34. The number of hydrogen-bond acceptors (Lipinski definition) is 2. The van der Waals surface area contributed by atoms with E-state index < -0.39 is 8.32 Å². The van der Waals surface area contributed by atoms with Gasteiger partial charge in [-0.1, -0.05) is 44.9 Å². The summed E-state index contributed by atoms with van der Waals surface area (Å²) in [5.41, 5.74) is 0. The molecule has 1 heterocycles. The lowest BCUT2D eigenvalue weighted by Crippen LogP contribution is -2.44. The molecule has 1 nitrogen and oxygen atoms in total. The van der Waals surface area contributed by atoms with Gasteiger partial charge in [-0.15, -0.1) is 17.8 Å². The maximum atomic E-state index is 6.36. The van der Waals surface area contributed by atoms with Crippen LogP contribution in [0, 0.1) is 12.3 Å². The lowest BCUT2D eigenvalue weighted by Gasteiger charge is -2.38. The lowest BCUT2D eigenvalue weighted by molar-refractivity contribution is 0.235. The lowest BCUT2D eigenvalue weighted by atomic mass is 10.2. The average molecular weight is 317 g/mol. The molecule has 1 aromatic heterocycles. The largest absolute Gasteiger partial charge is 0.403 e. The Balaban J connectivity index is 2.14. The number of rotatable bonds is 4.